The summed E-state index contributed by atoms with van der Waals surface area (Å²) in [5, 5.41) is 0. The molecule has 0 aromatic carbocycles. The first-order valence-corrected chi connectivity index (χ1v) is 12.5. The first kappa shape index (κ1) is 29.5. The zero-order chi connectivity index (χ0) is 23.3. The van der Waals surface area contributed by atoms with Crippen LogP contribution in [0.5, 0.6) is 0 Å². The molecule has 0 aromatic heterocycles. The van der Waals surface area contributed by atoms with Crippen molar-refractivity contribution >= 4 is 12.3 Å². The third-order valence-electron chi connectivity index (χ3n) is 5.07. The quantitative estimate of drug-likeness (QED) is 0.150. The molecule has 0 radical (unpaired) electrons. The molecule has 0 saturated carbocycles. The van der Waals surface area contributed by atoms with Gasteiger partial charge in [0.1, 0.15) is 6.10 Å². The lowest BCUT2D eigenvalue weighted by Crippen LogP contribution is -2.22. The van der Waals surface area contributed by atoms with Crippen LogP contribution in [0.15, 0.2) is 0 Å². The Morgan fingerprint density at radius 2 is 1.06 bits per heavy atom. The third-order valence-corrected chi connectivity index (χ3v) is 5.07. The number of hydrogen-bond donors (Lipinski definition) is 0. The maximum absolute atomic E-state index is 11.9. The fourth-order valence-corrected chi connectivity index (χ4v) is 3.22. The fraction of sp³-hybridized carbons (Fsp3) is 0.920. The molecule has 0 aromatic rings. The first-order valence-electron chi connectivity index (χ1n) is 12.5. The summed E-state index contributed by atoms with van der Waals surface area (Å²) in [5.74, 6) is 1.45. The van der Waals surface area contributed by atoms with Crippen LogP contribution < -0.4 is 0 Å². The minimum absolute atomic E-state index is 0.167. The molecule has 0 aliphatic heterocycles. The van der Waals surface area contributed by atoms with E-state index in [1.54, 1.807) is 0 Å². The van der Waals surface area contributed by atoms with E-state index in [0.717, 1.165) is 44.4 Å². The van der Waals surface area contributed by atoms with E-state index in [2.05, 4.69) is 27.7 Å². The molecule has 0 heterocycles. The maximum atomic E-state index is 11.9. The smallest absolute Gasteiger partial charge is 0.434 e. The van der Waals surface area contributed by atoms with Gasteiger partial charge in [-0.3, -0.25) is 0 Å². The molecule has 184 valence electrons. The SMILES string of the molecule is CCCC(CCOC(=O)OCCCCCCC(C)C)OC(=O)OCCCCCC(C)C. The highest BCUT2D eigenvalue weighted by Crippen LogP contribution is 2.12. The summed E-state index contributed by atoms with van der Waals surface area (Å²) < 4.78 is 20.8. The van der Waals surface area contributed by atoms with E-state index in [4.69, 9.17) is 18.9 Å². The predicted molar refractivity (Wildman–Crippen MR) is 124 cm³/mol. The Balaban J connectivity index is 3.79. The van der Waals surface area contributed by atoms with Crippen molar-refractivity contribution in [3.8, 4) is 0 Å². The summed E-state index contributed by atoms with van der Waals surface area (Å²) >= 11 is 0. The summed E-state index contributed by atoms with van der Waals surface area (Å²) in [4.78, 5) is 23.6. The van der Waals surface area contributed by atoms with Crippen molar-refractivity contribution < 1.29 is 28.5 Å². The number of rotatable bonds is 19. The van der Waals surface area contributed by atoms with E-state index in [-0.39, 0.29) is 12.7 Å². The predicted octanol–water partition coefficient (Wildman–Crippen LogP) is 7.67. The Morgan fingerprint density at radius 1 is 0.581 bits per heavy atom. The molecule has 1 atom stereocenters. The molecule has 1 unspecified atom stereocenters. The van der Waals surface area contributed by atoms with Crippen molar-refractivity contribution in [1.82, 2.24) is 0 Å². The molecule has 0 amide bonds. The number of hydrogen-bond acceptors (Lipinski definition) is 6. The normalized spacial score (nSPS) is 12.1. The van der Waals surface area contributed by atoms with Crippen LogP contribution >= 0.6 is 0 Å². The van der Waals surface area contributed by atoms with E-state index in [1.807, 2.05) is 6.92 Å². The van der Waals surface area contributed by atoms with Gasteiger partial charge in [-0.1, -0.05) is 86.0 Å². The average Bonchev–Trinajstić information content (AvgIpc) is 2.69. The Labute approximate surface area is 190 Å². The Hall–Kier alpha value is -1.46. The van der Waals surface area contributed by atoms with Crippen LogP contribution in [0.4, 0.5) is 9.59 Å². The molecule has 6 nitrogen and oxygen atoms in total. The van der Waals surface area contributed by atoms with Gasteiger partial charge in [0.2, 0.25) is 0 Å². The maximum Gasteiger partial charge on any atom is 0.508 e. The van der Waals surface area contributed by atoms with Gasteiger partial charge < -0.3 is 18.9 Å². The van der Waals surface area contributed by atoms with Gasteiger partial charge in [0.25, 0.3) is 0 Å². The summed E-state index contributed by atoms with van der Waals surface area (Å²) in [5.41, 5.74) is 0. The molecule has 0 aliphatic rings. The zero-order valence-electron chi connectivity index (χ0n) is 20.8. The molecule has 6 heteroatoms. The van der Waals surface area contributed by atoms with Gasteiger partial charge in [-0.05, 0) is 31.1 Å². The fourth-order valence-electron chi connectivity index (χ4n) is 3.22. The minimum atomic E-state index is -0.651. The number of carbonyl (C=O) groups excluding carboxylic acids is 2. The van der Waals surface area contributed by atoms with Gasteiger partial charge in [0, 0.05) is 6.42 Å². The van der Waals surface area contributed by atoms with E-state index in [1.165, 1.54) is 25.7 Å². The molecule has 0 fully saturated rings. The molecule has 0 saturated heterocycles. The Bertz CT molecular complexity index is 436. The second kappa shape index (κ2) is 20.4. The van der Waals surface area contributed by atoms with Crippen molar-refractivity contribution in [1.29, 1.82) is 0 Å². The minimum Gasteiger partial charge on any atom is -0.434 e. The molecule has 0 aliphatic carbocycles. The van der Waals surface area contributed by atoms with Crippen molar-refractivity contribution in [3.63, 3.8) is 0 Å². The standard InChI is InChI=1S/C25H48O6/c1-6-14-23(31-25(27)29-19-13-9-11-16-22(4)5)17-20-30-24(26)28-18-12-8-7-10-15-21(2)3/h21-23H,6-20H2,1-5H3. The molecule has 0 spiro atoms. The van der Waals surface area contributed by atoms with Crippen LogP contribution in [0.3, 0.4) is 0 Å². The van der Waals surface area contributed by atoms with Gasteiger partial charge >= 0.3 is 12.3 Å². The molecule has 0 N–H and O–H groups in total. The van der Waals surface area contributed by atoms with Crippen LogP contribution in [-0.2, 0) is 18.9 Å². The van der Waals surface area contributed by atoms with E-state index >= 15 is 0 Å². The molecule has 0 rings (SSSR count). The second-order valence-electron chi connectivity index (χ2n) is 9.20. The van der Waals surface area contributed by atoms with Gasteiger partial charge in [0.15, 0.2) is 0 Å². The van der Waals surface area contributed by atoms with Crippen LogP contribution in [0.25, 0.3) is 0 Å². The molecular weight excluding hydrogens is 396 g/mol. The highest BCUT2D eigenvalue weighted by molar-refractivity contribution is 5.60. The lowest BCUT2D eigenvalue weighted by molar-refractivity contribution is 0.00391. The highest BCUT2D eigenvalue weighted by atomic mass is 16.7. The lowest BCUT2D eigenvalue weighted by Gasteiger charge is -2.17. The van der Waals surface area contributed by atoms with Crippen molar-refractivity contribution in [3.05, 3.63) is 0 Å². The Kier molecular flexibility index (Phi) is 19.5. The summed E-state index contributed by atoms with van der Waals surface area (Å²) in [6.07, 6.45) is 10.2. The van der Waals surface area contributed by atoms with Gasteiger partial charge in [-0.2, -0.15) is 0 Å². The van der Waals surface area contributed by atoms with Crippen LogP contribution in [-0.4, -0.2) is 38.2 Å². The van der Waals surface area contributed by atoms with E-state index in [0.29, 0.717) is 32.0 Å². The summed E-state index contributed by atoms with van der Waals surface area (Å²) in [6, 6.07) is 0. The zero-order valence-corrected chi connectivity index (χ0v) is 20.8. The van der Waals surface area contributed by atoms with E-state index in [9.17, 15) is 9.59 Å². The van der Waals surface area contributed by atoms with Gasteiger partial charge in [0.05, 0.1) is 19.8 Å². The van der Waals surface area contributed by atoms with Crippen molar-refractivity contribution in [2.45, 2.75) is 118 Å². The second-order valence-corrected chi connectivity index (χ2v) is 9.20. The molecule has 31 heavy (non-hydrogen) atoms. The Morgan fingerprint density at radius 3 is 1.61 bits per heavy atom. The summed E-state index contributed by atoms with van der Waals surface area (Å²) in [6.45, 7) is 11.8. The van der Waals surface area contributed by atoms with Crippen LogP contribution in [0.1, 0.15) is 112 Å². The van der Waals surface area contributed by atoms with Crippen molar-refractivity contribution in [2.75, 3.05) is 19.8 Å². The summed E-state index contributed by atoms with van der Waals surface area (Å²) in [7, 11) is 0. The van der Waals surface area contributed by atoms with E-state index < -0.39 is 12.3 Å². The third kappa shape index (κ3) is 21.6. The molecule has 0 bridgehead atoms. The molecular formula is C25H48O6. The first-order chi connectivity index (χ1) is 14.8. The number of ether oxygens (including phenoxy) is 4. The van der Waals surface area contributed by atoms with Crippen molar-refractivity contribution in [2.24, 2.45) is 11.8 Å². The average molecular weight is 445 g/mol. The monoisotopic (exact) mass is 444 g/mol. The lowest BCUT2D eigenvalue weighted by atomic mass is 10.0. The van der Waals surface area contributed by atoms with Gasteiger partial charge in [-0.25, -0.2) is 9.59 Å². The van der Waals surface area contributed by atoms with Gasteiger partial charge in [-0.15, -0.1) is 0 Å². The number of unbranched alkanes of at least 4 members (excludes halogenated alkanes) is 5. The number of carbonyl (C=O) groups is 2. The largest absolute Gasteiger partial charge is 0.508 e. The van der Waals surface area contributed by atoms with Crippen LogP contribution in [0, 0.1) is 11.8 Å². The topological polar surface area (TPSA) is 71.1 Å². The van der Waals surface area contributed by atoms with Crippen LogP contribution in [0.2, 0.25) is 0 Å². The highest BCUT2D eigenvalue weighted by Gasteiger charge is 2.16.